The Hall–Kier alpha value is -1.32. The minimum absolute atomic E-state index is 0.0518. The predicted octanol–water partition coefficient (Wildman–Crippen LogP) is 0.494. The first-order valence-corrected chi connectivity index (χ1v) is 8.61. The summed E-state index contributed by atoms with van der Waals surface area (Å²) in [6, 6.07) is 3.87. The highest BCUT2D eigenvalue weighted by Crippen LogP contribution is 2.26. The summed E-state index contributed by atoms with van der Waals surface area (Å²) in [6.07, 6.45) is 0.452. The average molecular weight is 308 g/mol. The molecule has 3 N–H and O–H groups in total. The van der Waals surface area contributed by atoms with Gasteiger partial charge in [0.1, 0.15) is 10.6 Å². The molecule has 0 saturated carbocycles. The zero-order valence-corrected chi connectivity index (χ0v) is 12.2. The molecule has 0 unspecified atom stereocenters. The van der Waals surface area contributed by atoms with Crippen LogP contribution in [0.1, 0.15) is 13.3 Å². The van der Waals surface area contributed by atoms with Crippen LogP contribution in [-0.2, 0) is 20.0 Å². The summed E-state index contributed by atoms with van der Waals surface area (Å²) in [4.78, 5) is -0.272. The fraction of sp³-hybridized carbons (Fsp3) is 0.400. The van der Waals surface area contributed by atoms with E-state index in [0.717, 1.165) is 6.07 Å². The van der Waals surface area contributed by atoms with Gasteiger partial charge < -0.3 is 4.74 Å². The molecule has 0 aromatic heterocycles. The molecule has 1 aromatic carbocycles. The van der Waals surface area contributed by atoms with Gasteiger partial charge in [0.15, 0.2) is 0 Å². The number of primary sulfonamides is 1. The molecule has 0 aliphatic rings. The van der Waals surface area contributed by atoms with Crippen molar-refractivity contribution >= 4 is 25.7 Å². The average Bonchev–Trinajstić information content (AvgIpc) is 2.27. The molecule has 0 aliphatic carbocycles. The number of rotatable bonds is 6. The maximum atomic E-state index is 11.6. The van der Waals surface area contributed by atoms with E-state index in [1.165, 1.54) is 19.2 Å². The van der Waals surface area contributed by atoms with Gasteiger partial charge in [0.05, 0.1) is 18.6 Å². The SMILES string of the molecule is CCCS(=O)(=O)Nc1ccc(OC)c(S(N)(=O)=O)c1. The van der Waals surface area contributed by atoms with Crippen LogP contribution in [0.15, 0.2) is 23.1 Å². The fourth-order valence-electron chi connectivity index (χ4n) is 1.46. The van der Waals surface area contributed by atoms with E-state index >= 15 is 0 Å². The van der Waals surface area contributed by atoms with Crippen LogP contribution in [0.2, 0.25) is 0 Å². The molecule has 19 heavy (non-hydrogen) atoms. The van der Waals surface area contributed by atoms with Crippen LogP contribution in [0.3, 0.4) is 0 Å². The summed E-state index contributed by atoms with van der Waals surface area (Å²) >= 11 is 0. The van der Waals surface area contributed by atoms with Gasteiger partial charge in [-0.05, 0) is 24.6 Å². The molecular weight excluding hydrogens is 292 g/mol. The summed E-state index contributed by atoms with van der Waals surface area (Å²) in [7, 11) is -6.19. The molecule has 0 radical (unpaired) electrons. The van der Waals surface area contributed by atoms with Crippen LogP contribution in [0.4, 0.5) is 5.69 Å². The van der Waals surface area contributed by atoms with Gasteiger partial charge in [0, 0.05) is 0 Å². The highest BCUT2D eigenvalue weighted by Gasteiger charge is 2.17. The van der Waals surface area contributed by atoms with E-state index in [2.05, 4.69) is 4.72 Å². The molecule has 0 bridgehead atoms. The number of hydrogen-bond acceptors (Lipinski definition) is 5. The van der Waals surface area contributed by atoms with Crippen LogP contribution in [0.25, 0.3) is 0 Å². The number of anilines is 1. The van der Waals surface area contributed by atoms with Gasteiger partial charge in [-0.1, -0.05) is 6.92 Å². The topological polar surface area (TPSA) is 116 Å². The van der Waals surface area contributed by atoms with Crippen molar-refractivity contribution in [2.24, 2.45) is 5.14 Å². The summed E-state index contributed by atoms with van der Waals surface area (Å²) in [5.74, 6) is 0.00458. The third kappa shape index (κ3) is 4.37. The zero-order valence-electron chi connectivity index (χ0n) is 10.6. The van der Waals surface area contributed by atoms with Crippen molar-refractivity contribution in [3.63, 3.8) is 0 Å². The van der Waals surface area contributed by atoms with E-state index in [9.17, 15) is 16.8 Å². The molecule has 9 heteroatoms. The van der Waals surface area contributed by atoms with Crippen LogP contribution < -0.4 is 14.6 Å². The monoisotopic (exact) mass is 308 g/mol. The smallest absolute Gasteiger partial charge is 0.241 e. The van der Waals surface area contributed by atoms with Gasteiger partial charge in [-0.25, -0.2) is 22.0 Å². The van der Waals surface area contributed by atoms with Gasteiger partial charge in [-0.15, -0.1) is 0 Å². The summed E-state index contributed by atoms with van der Waals surface area (Å²) in [5, 5.41) is 5.04. The molecule has 0 amide bonds. The standard InChI is InChI=1S/C10H16N2O5S2/c1-3-6-18(13,14)12-8-4-5-9(17-2)10(7-8)19(11,15)16/h4-5,7,12H,3,6H2,1-2H3,(H2,11,15,16). The van der Waals surface area contributed by atoms with Crippen molar-refractivity contribution in [2.75, 3.05) is 17.6 Å². The Kier molecular flexibility index (Phi) is 4.77. The normalized spacial score (nSPS) is 12.2. The maximum Gasteiger partial charge on any atom is 0.241 e. The fourth-order valence-corrected chi connectivity index (χ4v) is 3.31. The molecule has 0 heterocycles. The van der Waals surface area contributed by atoms with E-state index in [4.69, 9.17) is 9.88 Å². The third-order valence-electron chi connectivity index (χ3n) is 2.22. The Morgan fingerprint density at radius 2 is 1.89 bits per heavy atom. The van der Waals surface area contributed by atoms with Gasteiger partial charge in [0.25, 0.3) is 0 Å². The molecule has 7 nitrogen and oxygen atoms in total. The van der Waals surface area contributed by atoms with Crippen molar-refractivity contribution in [3.05, 3.63) is 18.2 Å². The molecule has 0 saturated heterocycles. The molecule has 1 aromatic rings. The molecule has 1 rings (SSSR count). The van der Waals surface area contributed by atoms with Crippen molar-refractivity contribution in [3.8, 4) is 5.75 Å². The number of nitrogens with one attached hydrogen (secondary N) is 1. The van der Waals surface area contributed by atoms with Crippen molar-refractivity contribution < 1.29 is 21.6 Å². The van der Waals surface area contributed by atoms with E-state index in [0.29, 0.717) is 6.42 Å². The summed E-state index contributed by atoms with van der Waals surface area (Å²) in [5.41, 5.74) is 0.123. The van der Waals surface area contributed by atoms with Crippen molar-refractivity contribution in [2.45, 2.75) is 18.2 Å². The van der Waals surface area contributed by atoms with Gasteiger partial charge >= 0.3 is 0 Å². The minimum Gasteiger partial charge on any atom is -0.495 e. The van der Waals surface area contributed by atoms with Crippen LogP contribution >= 0.6 is 0 Å². The summed E-state index contributed by atoms with van der Waals surface area (Å²) in [6.45, 7) is 1.73. The van der Waals surface area contributed by atoms with Crippen LogP contribution in [-0.4, -0.2) is 29.7 Å². The Morgan fingerprint density at radius 3 is 2.37 bits per heavy atom. The first kappa shape index (κ1) is 15.7. The first-order chi connectivity index (χ1) is 8.69. The third-order valence-corrected chi connectivity index (χ3v) is 4.64. The highest BCUT2D eigenvalue weighted by molar-refractivity contribution is 7.92. The number of hydrogen-bond donors (Lipinski definition) is 2. The molecule has 108 valence electrons. The number of methoxy groups -OCH3 is 1. The Labute approximate surface area is 112 Å². The molecule has 0 fully saturated rings. The Balaban J connectivity index is 3.20. The van der Waals surface area contributed by atoms with Crippen molar-refractivity contribution in [1.29, 1.82) is 0 Å². The van der Waals surface area contributed by atoms with Crippen LogP contribution in [0.5, 0.6) is 5.75 Å². The lowest BCUT2D eigenvalue weighted by molar-refractivity contribution is 0.403. The minimum atomic E-state index is -4.00. The van der Waals surface area contributed by atoms with E-state index in [1.54, 1.807) is 6.92 Å². The Bertz CT molecular complexity index is 652. The quantitative estimate of drug-likeness (QED) is 0.793. The maximum absolute atomic E-state index is 11.6. The second-order valence-corrected chi connectivity index (χ2v) is 7.20. The Morgan fingerprint density at radius 1 is 1.26 bits per heavy atom. The number of benzene rings is 1. The van der Waals surface area contributed by atoms with Gasteiger partial charge in [-0.3, -0.25) is 4.72 Å². The van der Waals surface area contributed by atoms with E-state index in [1.807, 2.05) is 0 Å². The summed E-state index contributed by atoms with van der Waals surface area (Å²) < 4.78 is 53.1. The van der Waals surface area contributed by atoms with Crippen molar-refractivity contribution in [1.82, 2.24) is 0 Å². The lowest BCUT2D eigenvalue weighted by Crippen LogP contribution is -2.18. The number of nitrogens with two attached hydrogens (primary N) is 1. The van der Waals surface area contributed by atoms with Crippen LogP contribution in [0, 0.1) is 0 Å². The molecule has 0 atom stereocenters. The zero-order chi connectivity index (χ0) is 14.7. The molecule has 0 spiro atoms. The molecule has 0 aliphatic heterocycles. The van der Waals surface area contributed by atoms with E-state index in [-0.39, 0.29) is 22.1 Å². The number of ether oxygens (including phenoxy) is 1. The first-order valence-electron chi connectivity index (χ1n) is 5.41. The predicted molar refractivity (Wildman–Crippen MR) is 72.1 cm³/mol. The van der Waals surface area contributed by atoms with E-state index < -0.39 is 20.0 Å². The lowest BCUT2D eigenvalue weighted by Gasteiger charge is -2.11. The second kappa shape index (κ2) is 5.76. The second-order valence-electron chi connectivity index (χ2n) is 3.83. The van der Waals surface area contributed by atoms with Gasteiger partial charge in [0.2, 0.25) is 20.0 Å². The molecular formula is C10H16N2O5S2. The largest absolute Gasteiger partial charge is 0.495 e. The lowest BCUT2D eigenvalue weighted by atomic mass is 10.3. The number of sulfonamides is 2. The van der Waals surface area contributed by atoms with Gasteiger partial charge in [-0.2, -0.15) is 0 Å². The highest BCUT2D eigenvalue weighted by atomic mass is 32.2.